The molecule has 0 heterocycles. The van der Waals surface area contributed by atoms with Gasteiger partial charge in [-0.25, -0.2) is 0 Å². The lowest BCUT2D eigenvalue weighted by Crippen LogP contribution is -2.21. The second-order valence-electron chi connectivity index (χ2n) is 4.19. The molecule has 88 valence electrons. The molecule has 15 heavy (non-hydrogen) atoms. The van der Waals surface area contributed by atoms with Crippen molar-refractivity contribution in [2.75, 3.05) is 11.5 Å². The molecule has 0 saturated heterocycles. The van der Waals surface area contributed by atoms with E-state index in [-0.39, 0.29) is 0 Å². The summed E-state index contributed by atoms with van der Waals surface area (Å²) in [5, 5.41) is 0. The summed E-state index contributed by atoms with van der Waals surface area (Å²) < 4.78 is 0.853. The lowest BCUT2D eigenvalue weighted by molar-refractivity contribution is 0.328. The summed E-state index contributed by atoms with van der Waals surface area (Å²) in [6.45, 7) is 8.48. The zero-order chi connectivity index (χ0) is 11.1. The molecule has 0 aromatic heterocycles. The minimum Gasteiger partial charge on any atom is -0.148 e. The van der Waals surface area contributed by atoms with Crippen molar-refractivity contribution in [1.29, 1.82) is 0 Å². The molecule has 2 heteroatoms. The molecule has 0 spiro atoms. The highest BCUT2D eigenvalue weighted by Crippen LogP contribution is 2.40. The molecule has 0 amide bonds. The summed E-state index contributed by atoms with van der Waals surface area (Å²) in [6.07, 6.45) is 7.74. The van der Waals surface area contributed by atoms with Gasteiger partial charge in [-0.1, -0.05) is 19.9 Å². The molecule has 0 bridgehead atoms. The van der Waals surface area contributed by atoms with Crippen molar-refractivity contribution in [3.05, 3.63) is 12.7 Å². The number of hydrogen-bond acceptors (Lipinski definition) is 2. The summed E-state index contributed by atoms with van der Waals surface area (Å²) in [5.74, 6) is 4.29. The molecule has 0 N–H and O–H groups in total. The van der Waals surface area contributed by atoms with Crippen molar-refractivity contribution in [3.63, 3.8) is 0 Å². The molecule has 0 aromatic carbocycles. The minimum absolute atomic E-state index is 0.806. The Morgan fingerprint density at radius 2 is 1.67 bits per heavy atom. The topological polar surface area (TPSA) is 0 Å². The largest absolute Gasteiger partial charge is 0.148 e. The van der Waals surface area contributed by atoms with Crippen LogP contribution in [0.25, 0.3) is 0 Å². The minimum atomic E-state index is 0.806. The Morgan fingerprint density at radius 1 is 1.13 bits per heavy atom. The van der Waals surface area contributed by atoms with E-state index in [0.29, 0.717) is 0 Å². The van der Waals surface area contributed by atoms with Gasteiger partial charge in [0.05, 0.1) is 4.58 Å². The smallest absolute Gasteiger partial charge is 0.0530 e. The van der Waals surface area contributed by atoms with E-state index in [0.717, 1.165) is 16.4 Å². The first-order chi connectivity index (χ1) is 7.31. The van der Waals surface area contributed by atoms with Gasteiger partial charge in [-0.15, -0.1) is 30.1 Å². The maximum absolute atomic E-state index is 3.92. The Hall–Kier alpha value is 0.440. The van der Waals surface area contributed by atoms with Crippen LogP contribution in [0.2, 0.25) is 0 Å². The Morgan fingerprint density at radius 3 is 2.07 bits per heavy atom. The normalized spacial score (nSPS) is 26.9. The third kappa shape index (κ3) is 4.44. The van der Waals surface area contributed by atoms with E-state index in [1.807, 2.05) is 0 Å². The fourth-order valence-electron chi connectivity index (χ4n) is 2.30. The van der Waals surface area contributed by atoms with Gasteiger partial charge in [0, 0.05) is 0 Å². The van der Waals surface area contributed by atoms with E-state index in [1.54, 1.807) is 0 Å². The monoisotopic (exact) mass is 244 g/mol. The van der Waals surface area contributed by atoms with Gasteiger partial charge in [0.1, 0.15) is 0 Å². The lowest BCUT2D eigenvalue weighted by atomic mass is 9.83. The average Bonchev–Trinajstić information content (AvgIpc) is 2.29. The first-order valence-corrected chi connectivity index (χ1v) is 8.27. The van der Waals surface area contributed by atoms with Crippen molar-refractivity contribution in [1.82, 2.24) is 0 Å². The van der Waals surface area contributed by atoms with Crippen molar-refractivity contribution in [2.24, 2.45) is 11.8 Å². The molecule has 1 fully saturated rings. The van der Waals surface area contributed by atoms with E-state index in [4.69, 9.17) is 0 Å². The highest BCUT2D eigenvalue weighted by atomic mass is 32.2. The van der Waals surface area contributed by atoms with E-state index >= 15 is 0 Å². The van der Waals surface area contributed by atoms with Gasteiger partial charge < -0.3 is 0 Å². The molecule has 0 unspecified atom stereocenters. The van der Waals surface area contributed by atoms with Crippen LogP contribution in [0.4, 0.5) is 0 Å². The van der Waals surface area contributed by atoms with Gasteiger partial charge in [-0.05, 0) is 49.0 Å². The zero-order valence-corrected chi connectivity index (χ0v) is 11.7. The second-order valence-corrected chi connectivity index (χ2v) is 7.33. The molecule has 0 nitrogen and oxygen atoms in total. The Bertz CT molecular complexity index is 165. The standard InChI is InChI=1S/C13H24S2/c1-4-11-7-9-12(10-8-11)13(14-5-2)15-6-3/h4,11-13H,1,5-10H2,2-3H3. The fourth-order valence-corrected chi connectivity index (χ4v) is 5.25. The van der Waals surface area contributed by atoms with Crippen LogP contribution in [0.15, 0.2) is 12.7 Å². The number of hydrogen-bond donors (Lipinski definition) is 0. The Labute approximate surface area is 104 Å². The van der Waals surface area contributed by atoms with Crippen molar-refractivity contribution < 1.29 is 0 Å². The Balaban J connectivity index is 2.37. The SMILES string of the molecule is C=CC1CCC(C(SCC)SCC)CC1. The lowest BCUT2D eigenvalue weighted by Gasteiger charge is -2.32. The van der Waals surface area contributed by atoms with Crippen LogP contribution in [0.3, 0.4) is 0 Å². The van der Waals surface area contributed by atoms with E-state index in [9.17, 15) is 0 Å². The summed E-state index contributed by atoms with van der Waals surface area (Å²) >= 11 is 4.31. The number of allylic oxidation sites excluding steroid dienone is 1. The number of rotatable bonds is 6. The van der Waals surface area contributed by atoms with E-state index in [1.165, 1.54) is 37.2 Å². The molecular formula is C13H24S2. The first-order valence-electron chi connectivity index (χ1n) is 6.17. The highest BCUT2D eigenvalue weighted by molar-refractivity contribution is 8.17. The van der Waals surface area contributed by atoms with Gasteiger partial charge in [-0.3, -0.25) is 0 Å². The van der Waals surface area contributed by atoms with Crippen molar-refractivity contribution >= 4 is 23.5 Å². The fraction of sp³-hybridized carbons (Fsp3) is 0.846. The highest BCUT2D eigenvalue weighted by Gasteiger charge is 2.26. The maximum Gasteiger partial charge on any atom is 0.0530 e. The summed E-state index contributed by atoms with van der Waals surface area (Å²) in [7, 11) is 0. The van der Waals surface area contributed by atoms with Crippen LogP contribution in [0.1, 0.15) is 39.5 Å². The zero-order valence-electron chi connectivity index (χ0n) is 10.1. The average molecular weight is 244 g/mol. The van der Waals surface area contributed by atoms with Crippen LogP contribution < -0.4 is 0 Å². The molecule has 0 radical (unpaired) electrons. The quantitative estimate of drug-likeness (QED) is 0.486. The number of thioether (sulfide) groups is 2. The predicted octanol–water partition coefficient (Wildman–Crippen LogP) is 4.81. The molecule has 1 saturated carbocycles. The van der Waals surface area contributed by atoms with Gasteiger partial charge in [0.15, 0.2) is 0 Å². The van der Waals surface area contributed by atoms with Crippen LogP contribution in [0.5, 0.6) is 0 Å². The van der Waals surface area contributed by atoms with Crippen LogP contribution >= 0.6 is 23.5 Å². The van der Waals surface area contributed by atoms with Crippen molar-refractivity contribution in [3.8, 4) is 0 Å². The summed E-state index contributed by atoms with van der Waals surface area (Å²) in [4.78, 5) is 0. The molecule has 0 aliphatic heterocycles. The summed E-state index contributed by atoms with van der Waals surface area (Å²) in [6, 6.07) is 0. The molecule has 1 aliphatic rings. The Kier molecular flexibility index (Phi) is 6.91. The van der Waals surface area contributed by atoms with Crippen LogP contribution in [-0.4, -0.2) is 16.1 Å². The molecule has 0 aromatic rings. The first kappa shape index (κ1) is 13.5. The predicted molar refractivity (Wildman–Crippen MR) is 75.7 cm³/mol. The molecule has 1 rings (SSSR count). The van der Waals surface area contributed by atoms with Crippen molar-refractivity contribution in [2.45, 2.75) is 44.1 Å². The third-order valence-electron chi connectivity index (χ3n) is 3.20. The molecule has 0 atom stereocenters. The van der Waals surface area contributed by atoms with Gasteiger partial charge in [-0.2, -0.15) is 0 Å². The van der Waals surface area contributed by atoms with Gasteiger partial charge in [0.25, 0.3) is 0 Å². The third-order valence-corrected chi connectivity index (χ3v) is 6.11. The van der Waals surface area contributed by atoms with Crippen LogP contribution in [0, 0.1) is 11.8 Å². The summed E-state index contributed by atoms with van der Waals surface area (Å²) in [5.41, 5.74) is 0. The maximum atomic E-state index is 3.92. The second kappa shape index (κ2) is 7.67. The molecule has 1 aliphatic carbocycles. The van der Waals surface area contributed by atoms with E-state index in [2.05, 4.69) is 50.0 Å². The van der Waals surface area contributed by atoms with Gasteiger partial charge >= 0.3 is 0 Å². The van der Waals surface area contributed by atoms with E-state index < -0.39 is 0 Å². The van der Waals surface area contributed by atoms with Gasteiger partial charge in [0.2, 0.25) is 0 Å². The molecular weight excluding hydrogens is 220 g/mol. The van der Waals surface area contributed by atoms with Crippen LogP contribution in [-0.2, 0) is 0 Å².